The highest BCUT2D eigenvalue weighted by Gasteiger charge is 2.64. The largest absolute Gasteiger partial charge is 0.469 e. The SMILES string of the molecule is COC(=O)CC1(C)CC2CC1C1C3C=CC(C3)C21. The van der Waals surface area contributed by atoms with E-state index in [9.17, 15) is 4.79 Å². The smallest absolute Gasteiger partial charge is 0.306 e. The lowest BCUT2D eigenvalue weighted by Gasteiger charge is -2.43. The summed E-state index contributed by atoms with van der Waals surface area (Å²) in [4.78, 5) is 11.7. The Labute approximate surface area is 109 Å². The summed E-state index contributed by atoms with van der Waals surface area (Å²) in [6.45, 7) is 2.33. The molecule has 0 spiro atoms. The average molecular weight is 246 g/mol. The van der Waals surface area contributed by atoms with Crippen LogP contribution in [0.25, 0.3) is 0 Å². The second-order valence-electron chi connectivity index (χ2n) is 7.32. The lowest BCUT2D eigenvalue weighted by molar-refractivity contribution is -0.144. The number of rotatable bonds is 2. The first kappa shape index (κ1) is 11.1. The van der Waals surface area contributed by atoms with Gasteiger partial charge in [0.25, 0.3) is 0 Å². The quantitative estimate of drug-likeness (QED) is 0.425. The number of carbonyl (C=O) groups is 1. The molecule has 0 amide bonds. The van der Waals surface area contributed by atoms with Crippen LogP contribution in [0.4, 0.5) is 0 Å². The van der Waals surface area contributed by atoms with Crippen molar-refractivity contribution in [3.05, 3.63) is 12.2 Å². The minimum Gasteiger partial charge on any atom is -0.469 e. The highest BCUT2D eigenvalue weighted by Crippen LogP contribution is 2.70. The third-order valence-corrected chi connectivity index (χ3v) is 6.55. The van der Waals surface area contributed by atoms with Crippen molar-refractivity contribution in [1.29, 1.82) is 0 Å². The first-order valence-corrected chi connectivity index (χ1v) is 7.37. The summed E-state index contributed by atoms with van der Waals surface area (Å²) >= 11 is 0. The van der Waals surface area contributed by atoms with Crippen molar-refractivity contribution in [2.24, 2.45) is 40.9 Å². The van der Waals surface area contributed by atoms with E-state index in [4.69, 9.17) is 4.74 Å². The third kappa shape index (κ3) is 1.22. The van der Waals surface area contributed by atoms with E-state index in [1.807, 2.05) is 0 Å². The Balaban J connectivity index is 1.61. The summed E-state index contributed by atoms with van der Waals surface area (Å²) in [5, 5.41) is 0. The van der Waals surface area contributed by atoms with Gasteiger partial charge in [0.05, 0.1) is 13.5 Å². The van der Waals surface area contributed by atoms with Crippen LogP contribution in [0.3, 0.4) is 0 Å². The fourth-order valence-electron chi connectivity index (χ4n) is 6.09. The maximum atomic E-state index is 11.7. The van der Waals surface area contributed by atoms with Gasteiger partial charge in [0.2, 0.25) is 0 Å². The lowest BCUT2D eigenvalue weighted by Crippen LogP contribution is -2.38. The van der Waals surface area contributed by atoms with Crippen LogP contribution in [0.15, 0.2) is 12.2 Å². The number of allylic oxidation sites excluding steroid dienone is 2. The van der Waals surface area contributed by atoms with Gasteiger partial charge in [0.1, 0.15) is 0 Å². The minimum atomic E-state index is -0.0136. The molecule has 0 heterocycles. The number of fused-ring (bicyclic) bond motifs is 9. The van der Waals surface area contributed by atoms with Crippen molar-refractivity contribution in [2.45, 2.75) is 32.6 Å². The summed E-state index contributed by atoms with van der Waals surface area (Å²) in [6, 6.07) is 0. The Morgan fingerprint density at radius 2 is 2.00 bits per heavy atom. The molecule has 7 unspecified atom stereocenters. The molecular formula is C16H22O2. The molecular weight excluding hydrogens is 224 g/mol. The zero-order chi connectivity index (χ0) is 12.5. The number of methoxy groups -OCH3 is 1. The Hall–Kier alpha value is -0.790. The number of esters is 1. The normalized spacial score (nSPS) is 55.0. The van der Waals surface area contributed by atoms with Crippen LogP contribution < -0.4 is 0 Å². The Kier molecular flexibility index (Phi) is 2.09. The van der Waals surface area contributed by atoms with E-state index in [0.29, 0.717) is 6.42 Å². The van der Waals surface area contributed by atoms with Gasteiger partial charge in [0.15, 0.2) is 0 Å². The van der Waals surface area contributed by atoms with E-state index in [-0.39, 0.29) is 11.4 Å². The van der Waals surface area contributed by atoms with Gasteiger partial charge in [-0.1, -0.05) is 19.1 Å². The molecule has 7 atom stereocenters. The van der Waals surface area contributed by atoms with E-state index >= 15 is 0 Å². The van der Waals surface area contributed by atoms with E-state index in [1.54, 1.807) is 0 Å². The molecule has 4 aliphatic carbocycles. The summed E-state index contributed by atoms with van der Waals surface area (Å²) < 4.78 is 4.91. The number of hydrogen-bond acceptors (Lipinski definition) is 2. The molecule has 0 aromatic heterocycles. The van der Waals surface area contributed by atoms with Crippen molar-refractivity contribution >= 4 is 5.97 Å². The maximum Gasteiger partial charge on any atom is 0.306 e. The Morgan fingerprint density at radius 3 is 2.72 bits per heavy atom. The van der Waals surface area contributed by atoms with Gasteiger partial charge < -0.3 is 4.74 Å². The first-order chi connectivity index (χ1) is 8.62. The first-order valence-electron chi connectivity index (χ1n) is 7.37. The molecule has 0 N–H and O–H groups in total. The van der Waals surface area contributed by atoms with Crippen LogP contribution in [-0.2, 0) is 9.53 Å². The fourth-order valence-corrected chi connectivity index (χ4v) is 6.09. The molecule has 98 valence electrons. The third-order valence-electron chi connectivity index (χ3n) is 6.55. The summed E-state index contributed by atoms with van der Waals surface area (Å²) in [6.07, 6.45) is 9.60. The highest BCUT2D eigenvalue weighted by atomic mass is 16.5. The van der Waals surface area contributed by atoms with Crippen molar-refractivity contribution in [3.63, 3.8) is 0 Å². The van der Waals surface area contributed by atoms with Crippen molar-refractivity contribution in [1.82, 2.24) is 0 Å². The lowest BCUT2D eigenvalue weighted by atomic mass is 9.62. The van der Waals surface area contributed by atoms with Crippen LogP contribution in [0, 0.1) is 40.9 Å². The minimum absolute atomic E-state index is 0.0136. The van der Waals surface area contributed by atoms with E-state index in [1.165, 1.54) is 26.4 Å². The summed E-state index contributed by atoms with van der Waals surface area (Å²) in [5.74, 6) is 5.18. The monoisotopic (exact) mass is 246 g/mol. The second kappa shape index (κ2) is 3.40. The molecule has 2 heteroatoms. The fraction of sp³-hybridized carbons (Fsp3) is 0.812. The van der Waals surface area contributed by atoms with Gasteiger partial charge in [-0.25, -0.2) is 0 Å². The maximum absolute atomic E-state index is 11.7. The van der Waals surface area contributed by atoms with E-state index < -0.39 is 0 Å². The zero-order valence-corrected chi connectivity index (χ0v) is 11.3. The van der Waals surface area contributed by atoms with Gasteiger partial charge in [-0.15, -0.1) is 0 Å². The molecule has 18 heavy (non-hydrogen) atoms. The number of hydrogen-bond donors (Lipinski definition) is 0. The van der Waals surface area contributed by atoms with Crippen LogP contribution in [0.2, 0.25) is 0 Å². The summed E-state index contributed by atoms with van der Waals surface area (Å²) in [5.41, 5.74) is 0.219. The Morgan fingerprint density at radius 1 is 1.28 bits per heavy atom. The molecule has 0 aromatic rings. The molecule has 4 aliphatic rings. The topological polar surface area (TPSA) is 26.3 Å². The van der Waals surface area contributed by atoms with Crippen LogP contribution in [-0.4, -0.2) is 13.1 Å². The van der Waals surface area contributed by atoms with Gasteiger partial charge in [0, 0.05) is 0 Å². The average Bonchev–Trinajstić information content (AvgIpc) is 3.03. The summed E-state index contributed by atoms with van der Waals surface area (Å²) in [7, 11) is 1.52. The molecule has 4 bridgehead atoms. The standard InChI is InChI=1S/C16H22O2/c1-16(8-13(17)18-2)7-11-6-12(16)15-10-4-3-9(5-10)14(11)15/h3-4,9-12,14-15H,5-8H2,1-2H3. The predicted octanol–water partition coefficient (Wildman–Crippen LogP) is 3.03. The molecule has 0 aliphatic heterocycles. The molecule has 3 fully saturated rings. The second-order valence-corrected chi connectivity index (χ2v) is 7.32. The van der Waals surface area contributed by atoms with E-state index in [2.05, 4.69) is 19.1 Å². The van der Waals surface area contributed by atoms with Crippen LogP contribution in [0.1, 0.15) is 32.6 Å². The zero-order valence-electron chi connectivity index (χ0n) is 11.3. The van der Waals surface area contributed by atoms with Gasteiger partial charge in [-0.05, 0) is 60.2 Å². The van der Waals surface area contributed by atoms with Crippen molar-refractivity contribution in [3.8, 4) is 0 Å². The predicted molar refractivity (Wildman–Crippen MR) is 68.7 cm³/mol. The number of ether oxygens (including phenoxy) is 1. The molecule has 2 nitrogen and oxygen atoms in total. The number of carbonyl (C=O) groups excluding carboxylic acids is 1. The van der Waals surface area contributed by atoms with E-state index in [0.717, 1.165) is 35.5 Å². The highest BCUT2D eigenvalue weighted by molar-refractivity contribution is 5.70. The van der Waals surface area contributed by atoms with Crippen LogP contribution in [0.5, 0.6) is 0 Å². The van der Waals surface area contributed by atoms with Gasteiger partial charge in [-0.3, -0.25) is 4.79 Å². The molecule has 4 rings (SSSR count). The molecule has 0 saturated heterocycles. The van der Waals surface area contributed by atoms with Gasteiger partial charge in [-0.2, -0.15) is 0 Å². The van der Waals surface area contributed by atoms with Crippen molar-refractivity contribution < 1.29 is 9.53 Å². The molecule has 0 aromatic carbocycles. The molecule has 3 saturated carbocycles. The van der Waals surface area contributed by atoms with Gasteiger partial charge >= 0.3 is 5.97 Å². The Bertz CT molecular complexity index is 427. The van der Waals surface area contributed by atoms with Crippen LogP contribution >= 0.6 is 0 Å². The van der Waals surface area contributed by atoms with Crippen molar-refractivity contribution in [2.75, 3.05) is 7.11 Å². The molecule has 0 radical (unpaired) electrons.